The lowest BCUT2D eigenvalue weighted by Crippen LogP contribution is -2.28. The van der Waals surface area contributed by atoms with E-state index < -0.39 is 0 Å². The minimum atomic E-state index is -0.0376. The fourth-order valence-electron chi connectivity index (χ4n) is 5.35. The van der Waals surface area contributed by atoms with Gasteiger partial charge in [-0.3, -0.25) is 0 Å². The number of nitrogens with zero attached hydrogens (tertiary/aromatic N) is 1. The molecule has 0 radical (unpaired) electrons. The molecule has 0 saturated heterocycles. The Morgan fingerprint density at radius 2 is 2.00 bits per heavy atom. The average Bonchev–Trinajstić information content (AvgIpc) is 3.06. The molecule has 0 aromatic heterocycles. The van der Waals surface area contributed by atoms with Crippen LogP contribution in [0.3, 0.4) is 0 Å². The molecule has 2 aromatic carbocycles. The molecule has 0 saturated carbocycles. The Kier molecular flexibility index (Phi) is 5.92. The molecule has 2 aliphatic heterocycles. The van der Waals surface area contributed by atoms with Crippen LogP contribution in [-0.4, -0.2) is 23.4 Å². The number of rotatable bonds is 6. The van der Waals surface area contributed by atoms with Crippen molar-refractivity contribution in [1.82, 2.24) is 0 Å². The zero-order chi connectivity index (χ0) is 23.7. The Morgan fingerprint density at radius 3 is 2.82 bits per heavy atom. The highest BCUT2D eigenvalue weighted by molar-refractivity contribution is 6.03. The van der Waals surface area contributed by atoms with E-state index in [1.54, 1.807) is 0 Å². The SMILES string of the molecule is C#CCOc1ccc2c(c1)OC1=C(C=CC3=[N+](CCC)c4ccccc4C3(C)C)CCCC1=C2. The highest BCUT2D eigenvalue weighted by Crippen LogP contribution is 2.42. The van der Waals surface area contributed by atoms with E-state index in [9.17, 15) is 0 Å². The summed E-state index contributed by atoms with van der Waals surface area (Å²) in [5.74, 6) is 5.08. The van der Waals surface area contributed by atoms with Gasteiger partial charge in [0.25, 0.3) is 0 Å². The van der Waals surface area contributed by atoms with Crippen LogP contribution in [-0.2, 0) is 5.41 Å². The van der Waals surface area contributed by atoms with Gasteiger partial charge in [-0.25, -0.2) is 0 Å². The second-order valence-electron chi connectivity index (χ2n) is 9.68. The van der Waals surface area contributed by atoms with Gasteiger partial charge in [0.2, 0.25) is 5.69 Å². The quantitative estimate of drug-likeness (QED) is 0.351. The van der Waals surface area contributed by atoms with E-state index in [0.29, 0.717) is 0 Å². The first-order valence-electron chi connectivity index (χ1n) is 12.3. The predicted molar refractivity (Wildman–Crippen MR) is 139 cm³/mol. The van der Waals surface area contributed by atoms with Gasteiger partial charge >= 0.3 is 0 Å². The van der Waals surface area contributed by atoms with Gasteiger partial charge in [0.15, 0.2) is 5.71 Å². The van der Waals surface area contributed by atoms with Crippen molar-refractivity contribution in [2.24, 2.45) is 0 Å². The number of terminal acetylenes is 1. The number of fused-ring (bicyclic) bond motifs is 3. The third-order valence-electron chi connectivity index (χ3n) is 7.01. The van der Waals surface area contributed by atoms with Crippen LogP contribution in [0.5, 0.6) is 11.5 Å². The molecule has 0 fully saturated rings. The van der Waals surface area contributed by atoms with Crippen molar-refractivity contribution in [3.63, 3.8) is 0 Å². The summed E-state index contributed by atoms with van der Waals surface area (Å²) in [5, 5.41) is 0. The van der Waals surface area contributed by atoms with Crippen LogP contribution in [0.25, 0.3) is 6.08 Å². The first kappa shape index (κ1) is 22.3. The zero-order valence-electron chi connectivity index (χ0n) is 20.4. The van der Waals surface area contributed by atoms with Gasteiger partial charge in [-0.1, -0.05) is 31.0 Å². The summed E-state index contributed by atoms with van der Waals surface area (Å²) >= 11 is 0. The van der Waals surface area contributed by atoms with E-state index in [1.165, 1.54) is 28.1 Å². The molecular formula is C31H32NO2+. The highest BCUT2D eigenvalue weighted by atomic mass is 16.5. The maximum absolute atomic E-state index is 6.48. The highest BCUT2D eigenvalue weighted by Gasteiger charge is 2.43. The Hall–Kier alpha value is -3.51. The summed E-state index contributed by atoms with van der Waals surface area (Å²) in [6.45, 7) is 8.17. The van der Waals surface area contributed by atoms with Gasteiger partial charge in [-0.15, -0.1) is 6.42 Å². The van der Waals surface area contributed by atoms with Gasteiger partial charge in [-0.2, -0.15) is 4.58 Å². The van der Waals surface area contributed by atoms with Crippen molar-refractivity contribution in [3.8, 4) is 23.8 Å². The van der Waals surface area contributed by atoms with Crippen LogP contribution in [0.2, 0.25) is 0 Å². The molecule has 172 valence electrons. The van der Waals surface area contributed by atoms with E-state index in [0.717, 1.165) is 55.0 Å². The summed E-state index contributed by atoms with van der Waals surface area (Å²) in [6, 6.07) is 14.7. The molecule has 0 bridgehead atoms. The monoisotopic (exact) mass is 450 g/mol. The number of para-hydroxylation sites is 1. The van der Waals surface area contributed by atoms with Gasteiger partial charge in [-0.05, 0) is 68.5 Å². The maximum atomic E-state index is 6.48. The average molecular weight is 451 g/mol. The standard InChI is InChI=1S/C31H32NO2/c1-5-18-32-27-13-8-7-12-26(27)31(3,4)29(32)17-15-22-10-9-11-24-20-23-14-16-25(33-19-6-2)21-28(23)34-30(22)24/h2,7-8,12-17,20-21H,5,9-11,18-19H2,1,3-4H3/q+1. The number of benzene rings is 2. The molecule has 3 aliphatic rings. The minimum absolute atomic E-state index is 0.0376. The molecule has 5 rings (SSSR count). The minimum Gasteiger partial charge on any atom is -0.481 e. The lowest BCUT2D eigenvalue weighted by atomic mass is 9.81. The van der Waals surface area contributed by atoms with E-state index >= 15 is 0 Å². The summed E-state index contributed by atoms with van der Waals surface area (Å²) in [4.78, 5) is 0. The van der Waals surface area contributed by atoms with E-state index in [1.807, 2.05) is 18.2 Å². The molecule has 34 heavy (non-hydrogen) atoms. The van der Waals surface area contributed by atoms with Crippen molar-refractivity contribution in [3.05, 3.63) is 82.6 Å². The normalized spacial score (nSPS) is 18.1. The maximum Gasteiger partial charge on any atom is 0.209 e. The Balaban J connectivity index is 1.51. The third kappa shape index (κ3) is 3.88. The predicted octanol–water partition coefficient (Wildman–Crippen LogP) is 6.96. The zero-order valence-corrected chi connectivity index (χ0v) is 20.4. The molecular weight excluding hydrogens is 418 g/mol. The van der Waals surface area contributed by atoms with Crippen LogP contribution in [0.4, 0.5) is 5.69 Å². The lowest BCUT2D eigenvalue weighted by Gasteiger charge is -2.27. The molecule has 0 atom stereocenters. The van der Waals surface area contributed by atoms with Crippen molar-refractivity contribution < 1.29 is 14.0 Å². The number of ether oxygens (including phenoxy) is 2. The molecule has 1 aliphatic carbocycles. The van der Waals surface area contributed by atoms with Crippen LogP contribution in [0.1, 0.15) is 57.6 Å². The number of allylic oxidation sites excluding steroid dienone is 4. The second kappa shape index (κ2) is 9.03. The van der Waals surface area contributed by atoms with Gasteiger partial charge in [0, 0.05) is 35.8 Å². The molecule has 2 aromatic rings. The molecule has 0 spiro atoms. The van der Waals surface area contributed by atoms with Crippen LogP contribution < -0.4 is 9.47 Å². The summed E-state index contributed by atoms with van der Waals surface area (Å²) in [6.07, 6.45) is 16.5. The summed E-state index contributed by atoms with van der Waals surface area (Å²) < 4.78 is 14.6. The van der Waals surface area contributed by atoms with Gasteiger partial charge in [0.05, 0.1) is 5.41 Å². The molecule has 3 heteroatoms. The second-order valence-corrected chi connectivity index (χ2v) is 9.68. The van der Waals surface area contributed by atoms with Gasteiger partial charge < -0.3 is 9.47 Å². The molecule has 2 heterocycles. The summed E-state index contributed by atoms with van der Waals surface area (Å²) in [7, 11) is 0. The van der Waals surface area contributed by atoms with E-state index in [-0.39, 0.29) is 12.0 Å². The smallest absolute Gasteiger partial charge is 0.209 e. The van der Waals surface area contributed by atoms with E-state index in [2.05, 4.69) is 73.8 Å². The van der Waals surface area contributed by atoms with Crippen LogP contribution in [0.15, 0.2) is 71.5 Å². The van der Waals surface area contributed by atoms with Crippen LogP contribution >= 0.6 is 0 Å². The van der Waals surface area contributed by atoms with Crippen molar-refractivity contribution in [1.29, 1.82) is 0 Å². The first-order valence-corrected chi connectivity index (χ1v) is 12.3. The molecule has 0 unspecified atom stereocenters. The molecule has 0 N–H and O–H groups in total. The fraction of sp³-hybridized carbons (Fsp3) is 0.323. The lowest BCUT2D eigenvalue weighted by molar-refractivity contribution is -0.437. The Labute approximate surface area is 203 Å². The van der Waals surface area contributed by atoms with Crippen LogP contribution in [0, 0.1) is 12.3 Å². The topological polar surface area (TPSA) is 21.5 Å². The first-order chi connectivity index (χ1) is 16.5. The van der Waals surface area contributed by atoms with Crippen molar-refractivity contribution >= 4 is 17.5 Å². The number of hydrogen-bond donors (Lipinski definition) is 0. The largest absolute Gasteiger partial charge is 0.481 e. The number of hydrogen-bond acceptors (Lipinski definition) is 2. The van der Waals surface area contributed by atoms with E-state index in [4.69, 9.17) is 15.9 Å². The van der Waals surface area contributed by atoms with Crippen molar-refractivity contribution in [2.45, 2.75) is 51.9 Å². The van der Waals surface area contributed by atoms with Crippen molar-refractivity contribution in [2.75, 3.05) is 13.2 Å². The fourth-order valence-corrected chi connectivity index (χ4v) is 5.35. The Morgan fingerprint density at radius 1 is 1.15 bits per heavy atom. The molecule has 3 nitrogen and oxygen atoms in total. The third-order valence-corrected chi connectivity index (χ3v) is 7.01. The summed E-state index contributed by atoms with van der Waals surface area (Å²) in [5.41, 5.74) is 7.66. The van der Waals surface area contributed by atoms with Gasteiger partial charge in [0.1, 0.15) is 30.4 Å². The Bertz CT molecular complexity index is 1300. The molecule has 0 amide bonds.